The molecule has 0 spiro atoms. The molecule has 0 aromatic rings. The summed E-state index contributed by atoms with van der Waals surface area (Å²) in [5.74, 6) is 0. The number of nitrogens with one attached hydrogen (secondary N) is 2. The van der Waals surface area contributed by atoms with Gasteiger partial charge >= 0.3 is 0 Å². The summed E-state index contributed by atoms with van der Waals surface area (Å²) >= 11 is 0. The molecule has 0 aliphatic rings. The Labute approximate surface area is 69.5 Å². The summed E-state index contributed by atoms with van der Waals surface area (Å²) < 4.78 is 4.89. The Bertz CT molecular complexity index is 61.1. The maximum atomic E-state index is 4.89. The second-order valence-electron chi connectivity index (χ2n) is 2.55. The second kappa shape index (κ2) is 9.88. The van der Waals surface area contributed by atoms with E-state index in [9.17, 15) is 0 Å². The third-order valence-electron chi connectivity index (χ3n) is 1.51. The van der Waals surface area contributed by atoms with Crippen molar-refractivity contribution in [3.8, 4) is 0 Å². The van der Waals surface area contributed by atoms with Gasteiger partial charge in [-0.25, -0.2) is 0 Å². The van der Waals surface area contributed by atoms with Gasteiger partial charge in [0.15, 0.2) is 0 Å². The van der Waals surface area contributed by atoms with E-state index in [1.165, 1.54) is 12.8 Å². The first-order valence-corrected chi connectivity index (χ1v) is 4.26. The number of rotatable bonds is 8. The summed E-state index contributed by atoms with van der Waals surface area (Å²) in [6.45, 7) is 4.00. The predicted molar refractivity (Wildman–Crippen MR) is 47.9 cm³/mol. The first kappa shape index (κ1) is 10.9. The van der Waals surface area contributed by atoms with Gasteiger partial charge in [-0.05, 0) is 33.0 Å². The minimum atomic E-state index is 0.812. The van der Waals surface area contributed by atoms with E-state index >= 15 is 0 Å². The molecule has 0 unspecified atom stereocenters. The van der Waals surface area contributed by atoms with Crippen molar-refractivity contribution in [2.24, 2.45) is 0 Å². The molecular formula is C8H20N2O. The van der Waals surface area contributed by atoms with Crippen LogP contribution in [0.1, 0.15) is 12.8 Å². The van der Waals surface area contributed by atoms with E-state index in [1.807, 2.05) is 7.05 Å². The lowest BCUT2D eigenvalue weighted by atomic mass is 10.3. The molecule has 0 fully saturated rings. The van der Waals surface area contributed by atoms with Gasteiger partial charge in [0.2, 0.25) is 0 Å². The van der Waals surface area contributed by atoms with Crippen LogP contribution in [-0.2, 0) is 4.74 Å². The molecule has 0 bridgehead atoms. The minimum Gasteiger partial charge on any atom is -0.383 e. The largest absolute Gasteiger partial charge is 0.383 e. The van der Waals surface area contributed by atoms with Crippen molar-refractivity contribution in [3.63, 3.8) is 0 Å². The molecule has 2 N–H and O–H groups in total. The van der Waals surface area contributed by atoms with Crippen molar-refractivity contribution in [2.45, 2.75) is 12.8 Å². The van der Waals surface area contributed by atoms with Crippen molar-refractivity contribution in [1.29, 1.82) is 0 Å². The highest BCUT2D eigenvalue weighted by Gasteiger charge is 1.86. The highest BCUT2D eigenvalue weighted by atomic mass is 16.5. The summed E-state index contributed by atoms with van der Waals surface area (Å²) in [5.41, 5.74) is 0. The van der Waals surface area contributed by atoms with E-state index in [1.54, 1.807) is 7.11 Å². The van der Waals surface area contributed by atoms with Gasteiger partial charge in [0, 0.05) is 13.7 Å². The van der Waals surface area contributed by atoms with Gasteiger partial charge in [0.25, 0.3) is 0 Å². The maximum absolute atomic E-state index is 4.89. The van der Waals surface area contributed by atoms with Crippen LogP contribution in [0.15, 0.2) is 0 Å². The van der Waals surface area contributed by atoms with Crippen LogP contribution >= 0.6 is 0 Å². The molecule has 0 amide bonds. The molecule has 11 heavy (non-hydrogen) atoms. The minimum absolute atomic E-state index is 0.812. The lowest BCUT2D eigenvalue weighted by molar-refractivity contribution is 0.199. The highest BCUT2D eigenvalue weighted by Crippen LogP contribution is 1.82. The zero-order valence-corrected chi connectivity index (χ0v) is 7.65. The molecular weight excluding hydrogens is 140 g/mol. The van der Waals surface area contributed by atoms with E-state index in [0.29, 0.717) is 0 Å². The monoisotopic (exact) mass is 160 g/mol. The van der Waals surface area contributed by atoms with Gasteiger partial charge in [-0.3, -0.25) is 0 Å². The Hall–Kier alpha value is -0.120. The number of hydrogen-bond donors (Lipinski definition) is 2. The van der Waals surface area contributed by atoms with Crippen LogP contribution in [0.3, 0.4) is 0 Å². The van der Waals surface area contributed by atoms with Crippen molar-refractivity contribution in [3.05, 3.63) is 0 Å². The fraction of sp³-hybridized carbons (Fsp3) is 1.00. The average Bonchev–Trinajstić information content (AvgIpc) is 2.03. The van der Waals surface area contributed by atoms with Crippen molar-refractivity contribution < 1.29 is 4.74 Å². The Kier molecular flexibility index (Phi) is 9.77. The normalized spacial score (nSPS) is 10.4. The lowest BCUT2D eigenvalue weighted by Crippen LogP contribution is -2.21. The van der Waals surface area contributed by atoms with E-state index < -0.39 is 0 Å². The third kappa shape index (κ3) is 9.88. The molecule has 0 aliphatic heterocycles. The van der Waals surface area contributed by atoms with Crippen LogP contribution in [0.25, 0.3) is 0 Å². The summed E-state index contributed by atoms with van der Waals surface area (Å²) in [5, 5.41) is 6.41. The van der Waals surface area contributed by atoms with Crippen LogP contribution in [0.4, 0.5) is 0 Å². The van der Waals surface area contributed by atoms with Gasteiger partial charge in [-0.15, -0.1) is 0 Å². The molecule has 68 valence electrons. The quantitative estimate of drug-likeness (QED) is 0.498. The highest BCUT2D eigenvalue weighted by molar-refractivity contribution is 4.48. The van der Waals surface area contributed by atoms with Gasteiger partial charge < -0.3 is 15.4 Å². The molecule has 0 radical (unpaired) electrons. The lowest BCUT2D eigenvalue weighted by Gasteiger charge is -2.02. The Morgan fingerprint density at radius 2 is 1.82 bits per heavy atom. The van der Waals surface area contributed by atoms with Crippen LogP contribution < -0.4 is 10.6 Å². The van der Waals surface area contributed by atoms with Crippen LogP contribution in [0.2, 0.25) is 0 Å². The first-order chi connectivity index (χ1) is 5.41. The molecule has 0 saturated heterocycles. The molecule has 0 atom stereocenters. The number of ether oxygens (including phenoxy) is 1. The summed E-state index contributed by atoms with van der Waals surface area (Å²) in [7, 11) is 3.71. The standard InChI is InChI=1S/C8H20N2O/c1-9-5-3-4-6-10-7-8-11-2/h9-10H,3-8H2,1-2H3. The number of hydrogen-bond acceptors (Lipinski definition) is 3. The zero-order valence-electron chi connectivity index (χ0n) is 7.65. The predicted octanol–water partition coefficient (Wildman–Crippen LogP) is 0.222. The van der Waals surface area contributed by atoms with Crippen molar-refractivity contribution in [1.82, 2.24) is 10.6 Å². The molecule has 0 saturated carbocycles. The maximum Gasteiger partial charge on any atom is 0.0587 e. The van der Waals surface area contributed by atoms with Crippen LogP contribution in [0.5, 0.6) is 0 Å². The summed E-state index contributed by atoms with van der Waals surface area (Å²) in [6.07, 6.45) is 2.49. The Morgan fingerprint density at radius 1 is 1.09 bits per heavy atom. The van der Waals surface area contributed by atoms with E-state index in [2.05, 4.69) is 10.6 Å². The summed E-state index contributed by atoms with van der Waals surface area (Å²) in [6, 6.07) is 0. The fourth-order valence-electron chi connectivity index (χ4n) is 0.851. The molecule has 0 rings (SSSR count). The molecule has 0 aliphatic carbocycles. The molecule has 0 aromatic heterocycles. The Morgan fingerprint density at radius 3 is 2.45 bits per heavy atom. The summed E-state index contributed by atoms with van der Waals surface area (Å²) in [4.78, 5) is 0. The van der Waals surface area contributed by atoms with Gasteiger partial charge in [0.05, 0.1) is 6.61 Å². The average molecular weight is 160 g/mol. The first-order valence-electron chi connectivity index (χ1n) is 4.26. The zero-order chi connectivity index (χ0) is 8.36. The van der Waals surface area contributed by atoms with Gasteiger partial charge in [-0.1, -0.05) is 0 Å². The third-order valence-corrected chi connectivity index (χ3v) is 1.51. The van der Waals surface area contributed by atoms with Crippen molar-refractivity contribution >= 4 is 0 Å². The van der Waals surface area contributed by atoms with E-state index in [-0.39, 0.29) is 0 Å². The van der Waals surface area contributed by atoms with E-state index in [4.69, 9.17) is 4.74 Å². The number of unbranched alkanes of at least 4 members (excludes halogenated alkanes) is 1. The van der Waals surface area contributed by atoms with Gasteiger partial charge in [-0.2, -0.15) is 0 Å². The molecule has 0 heterocycles. The molecule has 3 heteroatoms. The van der Waals surface area contributed by atoms with E-state index in [0.717, 1.165) is 26.2 Å². The van der Waals surface area contributed by atoms with Gasteiger partial charge in [0.1, 0.15) is 0 Å². The second-order valence-corrected chi connectivity index (χ2v) is 2.55. The Balaban J connectivity index is 2.69. The smallest absolute Gasteiger partial charge is 0.0587 e. The van der Waals surface area contributed by atoms with Crippen LogP contribution in [-0.4, -0.2) is 40.4 Å². The molecule has 0 aromatic carbocycles. The SMILES string of the molecule is CNCCCCNCCOC. The number of methoxy groups -OCH3 is 1. The molecule has 3 nitrogen and oxygen atoms in total. The van der Waals surface area contributed by atoms with Crippen LogP contribution in [0, 0.1) is 0 Å². The topological polar surface area (TPSA) is 33.3 Å². The fourth-order valence-corrected chi connectivity index (χ4v) is 0.851. The van der Waals surface area contributed by atoms with Crippen molar-refractivity contribution in [2.75, 3.05) is 40.4 Å².